The van der Waals surface area contributed by atoms with Crippen molar-refractivity contribution < 1.29 is 14.3 Å². The number of hydrogen-bond donors (Lipinski definition) is 1. The Kier molecular flexibility index (Phi) is 2.98. The number of hydrogen-bond acceptors (Lipinski definition) is 4. The maximum Gasteiger partial charge on any atom is 0.337 e. The van der Waals surface area contributed by atoms with Gasteiger partial charge in [0.1, 0.15) is 5.69 Å². The number of ether oxygens (including phenoxy) is 1. The average Bonchev–Trinajstić information content (AvgIpc) is 2.95. The molecule has 1 aromatic carbocycles. The van der Waals surface area contributed by atoms with E-state index in [4.69, 9.17) is 0 Å². The Morgan fingerprint density at radius 2 is 2.10 bits per heavy atom. The van der Waals surface area contributed by atoms with Gasteiger partial charge in [0.25, 0.3) is 5.91 Å². The van der Waals surface area contributed by atoms with Crippen molar-refractivity contribution >= 4 is 11.9 Å². The van der Waals surface area contributed by atoms with Crippen LogP contribution in [0, 0.1) is 0 Å². The summed E-state index contributed by atoms with van der Waals surface area (Å²) in [5, 5.41) is 7.05. The van der Waals surface area contributed by atoms with Crippen LogP contribution in [-0.4, -0.2) is 28.8 Å². The second kappa shape index (κ2) is 4.80. The standard InChI is InChI=1S/C14H13N3O3/c1-20-14(19)10-4-2-9(3-5-10)11-8-17-12(6-7-15-17)13(18)16-11/h2-7,11H,8H2,1H3,(H,16,18). The first-order valence-corrected chi connectivity index (χ1v) is 6.20. The summed E-state index contributed by atoms with van der Waals surface area (Å²) in [4.78, 5) is 23.3. The lowest BCUT2D eigenvalue weighted by Gasteiger charge is -2.25. The van der Waals surface area contributed by atoms with Crippen molar-refractivity contribution in [1.82, 2.24) is 15.1 Å². The first kappa shape index (κ1) is 12.4. The molecule has 1 N–H and O–H groups in total. The van der Waals surface area contributed by atoms with E-state index in [9.17, 15) is 9.59 Å². The Labute approximate surface area is 115 Å². The maximum absolute atomic E-state index is 11.9. The molecule has 0 fully saturated rings. The molecule has 1 atom stereocenters. The van der Waals surface area contributed by atoms with Crippen molar-refractivity contribution in [2.75, 3.05) is 7.11 Å². The minimum Gasteiger partial charge on any atom is -0.465 e. The minimum absolute atomic E-state index is 0.143. The largest absolute Gasteiger partial charge is 0.465 e. The molecule has 1 aliphatic rings. The Morgan fingerprint density at radius 3 is 2.80 bits per heavy atom. The van der Waals surface area contributed by atoms with Crippen molar-refractivity contribution in [2.24, 2.45) is 0 Å². The maximum atomic E-state index is 11.9. The van der Waals surface area contributed by atoms with Gasteiger partial charge in [-0.3, -0.25) is 9.48 Å². The Hall–Kier alpha value is -2.63. The highest BCUT2D eigenvalue weighted by atomic mass is 16.5. The highest BCUT2D eigenvalue weighted by Gasteiger charge is 2.25. The molecule has 1 aliphatic heterocycles. The monoisotopic (exact) mass is 271 g/mol. The fourth-order valence-corrected chi connectivity index (χ4v) is 2.28. The minimum atomic E-state index is -0.376. The highest BCUT2D eigenvalue weighted by Crippen LogP contribution is 2.21. The Morgan fingerprint density at radius 1 is 1.35 bits per heavy atom. The topological polar surface area (TPSA) is 73.2 Å². The SMILES string of the molecule is COC(=O)c1ccc(C2Cn3nccc3C(=O)N2)cc1. The molecule has 0 spiro atoms. The summed E-state index contributed by atoms with van der Waals surface area (Å²) in [6, 6.07) is 8.53. The van der Waals surface area contributed by atoms with Crippen molar-refractivity contribution in [1.29, 1.82) is 0 Å². The average molecular weight is 271 g/mol. The number of carbonyl (C=O) groups is 2. The zero-order valence-electron chi connectivity index (χ0n) is 10.9. The van der Waals surface area contributed by atoms with E-state index in [0.29, 0.717) is 17.8 Å². The van der Waals surface area contributed by atoms with Crippen LogP contribution >= 0.6 is 0 Å². The molecule has 1 unspecified atom stereocenters. The van der Waals surface area contributed by atoms with Gasteiger partial charge in [-0.05, 0) is 23.8 Å². The van der Waals surface area contributed by atoms with E-state index in [1.54, 1.807) is 29.1 Å². The van der Waals surface area contributed by atoms with Crippen LogP contribution in [0.4, 0.5) is 0 Å². The number of benzene rings is 1. The quantitative estimate of drug-likeness (QED) is 0.832. The summed E-state index contributed by atoms with van der Waals surface area (Å²) in [7, 11) is 1.34. The number of fused-ring (bicyclic) bond motifs is 1. The molecule has 1 aromatic heterocycles. The molecule has 0 saturated carbocycles. The number of nitrogens with one attached hydrogen (secondary N) is 1. The number of rotatable bonds is 2. The smallest absolute Gasteiger partial charge is 0.337 e. The zero-order valence-corrected chi connectivity index (χ0v) is 10.9. The van der Waals surface area contributed by atoms with Crippen LogP contribution in [0.15, 0.2) is 36.5 Å². The molecule has 0 radical (unpaired) electrons. The van der Waals surface area contributed by atoms with Crippen LogP contribution in [0.2, 0.25) is 0 Å². The highest BCUT2D eigenvalue weighted by molar-refractivity contribution is 5.93. The normalized spacial score (nSPS) is 17.2. The van der Waals surface area contributed by atoms with Gasteiger partial charge < -0.3 is 10.1 Å². The number of carbonyl (C=O) groups excluding carboxylic acids is 2. The van der Waals surface area contributed by atoms with Crippen molar-refractivity contribution in [2.45, 2.75) is 12.6 Å². The summed E-state index contributed by atoms with van der Waals surface area (Å²) < 4.78 is 6.33. The third-order valence-corrected chi connectivity index (χ3v) is 3.34. The van der Waals surface area contributed by atoms with Gasteiger partial charge in [-0.1, -0.05) is 12.1 Å². The van der Waals surface area contributed by atoms with Gasteiger partial charge in [0.05, 0.1) is 25.3 Å². The summed E-state index contributed by atoms with van der Waals surface area (Å²) in [5.41, 5.74) is 1.97. The second-order valence-electron chi connectivity index (χ2n) is 4.54. The van der Waals surface area contributed by atoms with Gasteiger partial charge in [-0.15, -0.1) is 0 Å². The van der Waals surface area contributed by atoms with Gasteiger partial charge in [0, 0.05) is 6.20 Å². The van der Waals surface area contributed by atoms with Crippen LogP contribution in [0.5, 0.6) is 0 Å². The predicted molar refractivity (Wildman–Crippen MR) is 70.2 cm³/mol. The van der Waals surface area contributed by atoms with Crippen molar-refractivity contribution in [3.63, 3.8) is 0 Å². The number of methoxy groups -OCH3 is 1. The zero-order chi connectivity index (χ0) is 14.1. The molecule has 0 aliphatic carbocycles. The fraction of sp³-hybridized carbons (Fsp3) is 0.214. The predicted octanol–water partition coefficient (Wildman–Crippen LogP) is 1.15. The molecule has 3 rings (SSSR count). The Bertz CT molecular complexity index is 661. The summed E-state index contributed by atoms with van der Waals surface area (Å²) in [6.07, 6.45) is 1.61. The Balaban J connectivity index is 1.84. The van der Waals surface area contributed by atoms with Crippen LogP contribution in [0.25, 0.3) is 0 Å². The number of nitrogens with zero attached hydrogens (tertiary/aromatic N) is 2. The van der Waals surface area contributed by atoms with E-state index in [0.717, 1.165) is 5.56 Å². The summed E-state index contributed by atoms with van der Waals surface area (Å²) >= 11 is 0. The fourth-order valence-electron chi connectivity index (χ4n) is 2.28. The molecular weight excluding hydrogens is 258 g/mol. The van der Waals surface area contributed by atoms with Gasteiger partial charge in [-0.2, -0.15) is 5.10 Å². The van der Waals surface area contributed by atoms with Crippen molar-refractivity contribution in [3.05, 3.63) is 53.3 Å². The van der Waals surface area contributed by atoms with Crippen LogP contribution in [0.1, 0.15) is 32.5 Å². The summed E-state index contributed by atoms with van der Waals surface area (Å²) in [5.74, 6) is -0.519. The second-order valence-corrected chi connectivity index (χ2v) is 4.54. The van der Waals surface area contributed by atoms with E-state index in [1.807, 2.05) is 12.1 Å². The molecule has 1 amide bonds. The van der Waals surface area contributed by atoms with E-state index >= 15 is 0 Å². The summed E-state index contributed by atoms with van der Waals surface area (Å²) in [6.45, 7) is 0.575. The lowest BCUT2D eigenvalue weighted by Crippen LogP contribution is -2.38. The molecule has 2 heterocycles. The molecular formula is C14H13N3O3. The third kappa shape index (κ3) is 2.05. The molecule has 6 heteroatoms. The number of aromatic nitrogens is 2. The molecule has 2 aromatic rings. The molecule has 102 valence electrons. The first-order valence-electron chi connectivity index (χ1n) is 6.20. The van der Waals surface area contributed by atoms with E-state index in [-0.39, 0.29) is 17.9 Å². The number of amides is 1. The van der Waals surface area contributed by atoms with Crippen molar-refractivity contribution in [3.8, 4) is 0 Å². The number of esters is 1. The molecule has 0 saturated heterocycles. The van der Waals surface area contributed by atoms with Gasteiger partial charge in [0.2, 0.25) is 0 Å². The molecule has 6 nitrogen and oxygen atoms in total. The first-order chi connectivity index (χ1) is 9.69. The van der Waals surface area contributed by atoms with E-state index in [2.05, 4.69) is 15.2 Å². The molecule has 20 heavy (non-hydrogen) atoms. The third-order valence-electron chi connectivity index (χ3n) is 3.34. The van der Waals surface area contributed by atoms with Crippen LogP contribution < -0.4 is 5.32 Å². The van der Waals surface area contributed by atoms with Crippen LogP contribution in [0.3, 0.4) is 0 Å². The van der Waals surface area contributed by atoms with Gasteiger partial charge in [0.15, 0.2) is 0 Å². The van der Waals surface area contributed by atoms with E-state index in [1.165, 1.54) is 7.11 Å². The lowest BCUT2D eigenvalue weighted by molar-refractivity contribution is 0.0600. The van der Waals surface area contributed by atoms with Crippen LogP contribution in [-0.2, 0) is 11.3 Å². The van der Waals surface area contributed by atoms with Gasteiger partial charge >= 0.3 is 5.97 Å². The lowest BCUT2D eigenvalue weighted by atomic mass is 10.0. The molecule has 0 bridgehead atoms. The van der Waals surface area contributed by atoms with E-state index < -0.39 is 0 Å². The van der Waals surface area contributed by atoms with Gasteiger partial charge in [-0.25, -0.2) is 4.79 Å².